The number of anilines is 1. The SMILES string of the molecule is COC(=O)c1sccc1S(=O)(=O)Nc1cc(C(C)C)[nH]n1. The van der Waals surface area contributed by atoms with Gasteiger partial charge in [0.1, 0.15) is 9.77 Å². The van der Waals surface area contributed by atoms with Crippen LogP contribution in [0, 0.1) is 0 Å². The summed E-state index contributed by atoms with van der Waals surface area (Å²) in [7, 11) is -2.69. The van der Waals surface area contributed by atoms with Crippen molar-refractivity contribution in [3.63, 3.8) is 0 Å². The number of aromatic amines is 1. The Bertz CT molecular complexity index is 746. The molecule has 2 heterocycles. The third-order valence-corrected chi connectivity index (χ3v) is 5.17. The maximum atomic E-state index is 12.3. The van der Waals surface area contributed by atoms with Crippen molar-refractivity contribution in [2.45, 2.75) is 24.7 Å². The molecule has 0 aliphatic rings. The Morgan fingerprint density at radius 2 is 2.19 bits per heavy atom. The highest BCUT2D eigenvalue weighted by Gasteiger charge is 2.25. The maximum absolute atomic E-state index is 12.3. The van der Waals surface area contributed by atoms with Crippen LogP contribution in [-0.4, -0.2) is 31.7 Å². The molecule has 0 amide bonds. The zero-order valence-electron chi connectivity index (χ0n) is 11.7. The van der Waals surface area contributed by atoms with E-state index in [9.17, 15) is 13.2 Å². The minimum atomic E-state index is -3.89. The van der Waals surface area contributed by atoms with Crippen molar-refractivity contribution >= 4 is 33.1 Å². The molecule has 2 N–H and O–H groups in total. The van der Waals surface area contributed by atoms with Crippen LogP contribution in [0.1, 0.15) is 35.1 Å². The Balaban J connectivity index is 2.30. The van der Waals surface area contributed by atoms with Crippen LogP contribution in [0.3, 0.4) is 0 Å². The van der Waals surface area contributed by atoms with Gasteiger partial charge in [0.05, 0.1) is 7.11 Å². The Morgan fingerprint density at radius 1 is 1.48 bits per heavy atom. The fraction of sp³-hybridized carbons (Fsp3) is 0.333. The molecule has 0 fully saturated rings. The van der Waals surface area contributed by atoms with Gasteiger partial charge in [-0.1, -0.05) is 13.8 Å². The summed E-state index contributed by atoms with van der Waals surface area (Å²) < 4.78 is 31.6. The third-order valence-electron chi connectivity index (χ3n) is 2.75. The molecule has 0 saturated heterocycles. The van der Waals surface area contributed by atoms with Crippen LogP contribution < -0.4 is 4.72 Å². The zero-order chi connectivity index (χ0) is 15.6. The third kappa shape index (κ3) is 3.24. The Hall–Kier alpha value is -1.87. The molecule has 0 atom stereocenters. The van der Waals surface area contributed by atoms with Gasteiger partial charge in [-0.15, -0.1) is 11.3 Å². The molecular formula is C12H15N3O4S2. The number of rotatable bonds is 5. The van der Waals surface area contributed by atoms with E-state index < -0.39 is 16.0 Å². The van der Waals surface area contributed by atoms with Crippen molar-refractivity contribution in [2.24, 2.45) is 0 Å². The first-order valence-corrected chi connectivity index (χ1v) is 8.45. The summed E-state index contributed by atoms with van der Waals surface area (Å²) in [6.07, 6.45) is 0. The molecule has 0 unspecified atom stereocenters. The largest absolute Gasteiger partial charge is 0.465 e. The molecule has 0 aromatic carbocycles. The molecule has 0 bridgehead atoms. The molecule has 2 aromatic rings. The molecule has 0 aliphatic carbocycles. The number of sulfonamides is 1. The van der Waals surface area contributed by atoms with Crippen LogP contribution >= 0.6 is 11.3 Å². The first-order valence-electron chi connectivity index (χ1n) is 6.09. The molecule has 0 radical (unpaired) electrons. The van der Waals surface area contributed by atoms with Gasteiger partial charge >= 0.3 is 5.97 Å². The molecule has 2 rings (SSSR count). The smallest absolute Gasteiger partial charge is 0.349 e. The van der Waals surface area contributed by atoms with Gasteiger partial charge in [0.15, 0.2) is 5.82 Å². The number of carbonyl (C=O) groups is 1. The number of H-pyrrole nitrogens is 1. The van der Waals surface area contributed by atoms with Crippen molar-refractivity contribution in [3.05, 3.63) is 28.1 Å². The van der Waals surface area contributed by atoms with Crippen LogP contribution in [0.2, 0.25) is 0 Å². The van der Waals surface area contributed by atoms with Crippen LogP contribution in [0.4, 0.5) is 5.82 Å². The second-order valence-corrected chi connectivity index (χ2v) is 7.14. The van der Waals surface area contributed by atoms with Gasteiger partial charge in [0, 0.05) is 11.8 Å². The van der Waals surface area contributed by atoms with Gasteiger partial charge < -0.3 is 4.74 Å². The van der Waals surface area contributed by atoms with E-state index in [0.29, 0.717) is 0 Å². The summed E-state index contributed by atoms with van der Waals surface area (Å²) in [6.45, 7) is 3.92. The molecule has 9 heteroatoms. The summed E-state index contributed by atoms with van der Waals surface area (Å²) in [6, 6.07) is 2.97. The quantitative estimate of drug-likeness (QED) is 0.819. The van der Waals surface area contributed by atoms with Gasteiger partial charge in [0.25, 0.3) is 10.0 Å². The first-order chi connectivity index (χ1) is 9.85. The molecule has 114 valence electrons. The van der Waals surface area contributed by atoms with E-state index in [1.807, 2.05) is 13.8 Å². The number of ether oxygens (including phenoxy) is 1. The van der Waals surface area contributed by atoms with Gasteiger partial charge in [0.2, 0.25) is 0 Å². The molecule has 0 spiro atoms. The van der Waals surface area contributed by atoms with E-state index in [1.165, 1.54) is 18.6 Å². The standard InChI is InChI=1S/C12H15N3O4S2/c1-7(2)8-6-10(14-13-8)15-21(17,18)9-4-5-20-11(9)12(16)19-3/h4-7H,1-3H3,(H2,13,14,15). The van der Waals surface area contributed by atoms with Gasteiger partial charge in [-0.2, -0.15) is 5.10 Å². The maximum Gasteiger partial charge on any atom is 0.349 e. The van der Waals surface area contributed by atoms with Crippen LogP contribution in [0.25, 0.3) is 0 Å². The second-order valence-electron chi connectivity index (χ2n) is 4.57. The molecule has 2 aromatic heterocycles. The minimum absolute atomic E-state index is 0.0321. The Labute approximate surface area is 126 Å². The van der Waals surface area contributed by atoms with Crippen molar-refractivity contribution in [2.75, 3.05) is 11.8 Å². The molecule has 0 aliphatic heterocycles. The Morgan fingerprint density at radius 3 is 2.76 bits per heavy atom. The predicted octanol–water partition coefficient (Wildman–Crippen LogP) is 2.18. The normalized spacial score (nSPS) is 11.6. The summed E-state index contributed by atoms with van der Waals surface area (Å²) >= 11 is 1.01. The number of esters is 1. The van der Waals surface area contributed by atoms with Crippen molar-refractivity contribution < 1.29 is 17.9 Å². The average Bonchev–Trinajstić information content (AvgIpc) is 3.05. The monoisotopic (exact) mass is 329 g/mol. The number of hydrogen-bond donors (Lipinski definition) is 2. The highest BCUT2D eigenvalue weighted by atomic mass is 32.2. The van der Waals surface area contributed by atoms with Gasteiger partial charge in [-0.3, -0.25) is 9.82 Å². The minimum Gasteiger partial charge on any atom is -0.465 e. The molecule has 21 heavy (non-hydrogen) atoms. The van der Waals surface area contributed by atoms with E-state index in [0.717, 1.165) is 17.0 Å². The van der Waals surface area contributed by atoms with E-state index in [4.69, 9.17) is 0 Å². The molecular weight excluding hydrogens is 314 g/mol. The fourth-order valence-electron chi connectivity index (χ4n) is 1.63. The summed E-state index contributed by atoms with van der Waals surface area (Å²) in [5.41, 5.74) is 0.811. The lowest BCUT2D eigenvalue weighted by atomic mass is 10.1. The summed E-state index contributed by atoms with van der Waals surface area (Å²) in [4.78, 5) is 11.5. The topological polar surface area (TPSA) is 101 Å². The highest BCUT2D eigenvalue weighted by Crippen LogP contribution is 2.25. The highest BCUT2D eigenvalue weighted by molar-refractivity contribution is 7.93. The average molecular weight is 329 g/mol. The second kappa shape index (κ2) is 5.86. The number of nitrogens with zero attached hydrogens (tertiary/aromatic N) is 1. The lowest BCUT2D eigenvalue weighted by Gasteiger charge is -2.05. The van der Waals surface area contributed by atoms with Gasteiger partial charge in [-0.05, 0) is 17.4 Å². The number of methoxy groups -OCH3 is 1. The predicted molar refractivity (Wildman–Crippen MR) is 79.1 cm³/mol. The first kappa shape index (κ1) is 15.5. The zero-order valence-corrected chi connectivity index (χ0v) is 13.3. The summed E-state index contributed by atoms with van der Waals surface area (Å²) in [5, 5.41) is 8.17. The van der Waals surface area contributed by atoms with E-state index in [-0.39, 0.29) is 21.5 Å². The lowest BCUT2D eigenvalue weighted by molar-refractivity contribution is 0.0602. The summed E-state index contributed by atoms with van der Waals surface area (Å²) in [5.74, 6) is -0.307. The van der Waals surface area contributed by atoms with Crippen molar-refractivity contribution in [3.8, 4) is 0 Å². The molecule has 0 saturated carbocycles. The van der Waals surface area contributed by atoms with Crippen molar-refractivity contribution in [1.29, 1.82) is 0 Å². The fourth-order valence-corrected chi connectivity index (χ4v) is 3.96. The van der Waals surface area contributed by atoms with Crippen LogP contribution in [0.5, 0.6) is 0 Å². The van der Waals surface area contributed by atoms with Crippen LogP contribution in [-0.2, 0) is 14.8 Å². The van der Waals surface area contributed by atoms with E-state index in [2.05, 4.69) is 19.7 Å². The van der Waals surface area contributed by atoms with E-state index in [1.54, 1.807) is 6.07 Å². The number of hydrogen-bond acceptors (Lipinski definition) is 6. The number of carbonyl (C=O) groups excluding carboxylic acids is 1. The molecule has 7 nitrogen and oxygen atoms in total. The van der Waals surface area contributed by atoms with Crippen molar-refractivity contribution in [1.82, 2.24) is 10.2 Å². The number of thiophene rings is 1. The van der Waals surface area contributed by atoms with Crippen LogP contribution in [0.15, 0.2) is 22.4 Å². The number of nitrogens with one attached hydrogen (secondary N) is 2. The number of aromatic nitrogens is 2. The lowest BCUT2D eigenvalue weighted by Crippen LogP contribution is -2.16. The van der Waals surface area contributed by atoms with E-state index >= 15 is 0 Å². The van der Waals surface area contributed by atoms with Gasteiger partial charge in [-0.25, -0.2) is 13.2 Å². The Kier molecular flexibility index (Phi) is 4.33.